The Bertz CT molecular complexity index is 374. The van der Waals surface area contributed by atoms with Gasteiger partial charge >= 0.3 is 0 Å². The molecule has 0 unspecified atom stereocenters. The third kappa shape index (κ3) is 6.65. The van der Waals surface area contributed by atoms with Crippen molar-refractivity contribution in [2.24, 2.45) is 0 Å². The van der Waals surface area contributed by atoms with Crippen LogP contribution in [-0.4, -0.2) is 53.0 Å². The molecule has 112 valence electrons. The van der Waals surface area contributed by atoms with Gasteiger partial charge in [-0.05, 0) is 30.7 Å². The quantitative estimate of drug-likeness (QED) is 0.458. The Morgan fingerprint density at radius 2 is 1.65 bits per heavy atom. The van der Waals surface area contributed by atoms with Gasteiger partial charge in [0.15, 0.2) is 5.78 Å². The highest BCUT2D eigenvalue weighted by Gasteiger charge is 2.05. The molecule has 0 amide bonds. The highest BCUT2D eigenvalue weighted by molar-refractivity contribution is 5.97. The third-order valence-electron chi connectivity index (χ3n) is 2.65. The lowest BCUT2D eigenvalue weighted by Gasteiger charge is -2.06. The molecule has 0 saturated heterocycles. The van der Waals surface area contributed by atoms with Crippen LogP contribution in [-0.2, 0) is 14.2 Å². The molecule has 0 heterocycles. The molecule has 0 aliphatic carbocycles. The first-order chi connectivity index (χ1) is 9.77. The van der Waals surface area contributed by atoms with Crippen molar-refractivity contribution in [1.29, 1.82) is 0 Å². The molecule has 0 aliphatic heterocycles. The van der Waals surface area contributed by atoms with Gasteiger partial charge in [-0.15, -0.1) is 0 Å². The molecular weight excluding hydrogens is 260 g/mol. The zero-order valence-electron chi connectivity index (χ0n) is 12.1. The number of Topliss-reactive ketones (excluding diaryl/α,β-unsaturated/α-hetero) is 1. The molecular formula is C15H22O5. The van der Waals surface area contributed by atoms with E-state index in [0.29, 0.717) is 32.0 Å². The van der Waals surface area contributed by atoms with Crippen LogP contribution in [0.5, 0.6) is 5.75 Å². The van der Waals surface area contributed by atoms with Gasteiger partial charge in [0.05, 0.1) is 20.3 Å². The maximum atomic E-state index is 11.8. The van der Waals surface area contributed by atoms with Gasteiger partial charge in [0.25, 0.3) is 0 Å². The molecule has 0 saturated carbocycles. The molecule has 0 spiro atoms. The Hall–Kier alpha value is -1.43. The van der Waals surface area contributed by atoms with Gasteiger partial charge < -0.3 is 18.9 Å². The Morgan fingerprint density at radius 1 is 0.950 bits per heavy atom. The van der Waals surface area contributed by atoms with Gasteiger partial charge in [-0.25, -0.2) is 0 Å². The van der Waals surface area contributed by atoms with Crippen molar-refractivity contribution in [3.63, 3.8) is 0 Å². The Balaban J connectivity index is 2.10. The minimum atomic E-state index is -0.0343. The van der Waals surface area contributed by atoms with Crippen molar-refractivity contribution < 1.29 is 23.7 Å². The van der Waals surface area contributed by atoms with Crippen LogP contribution in [0.15, 0.2) is 24.3 Å². The summed E-state index contributed by atoms with van der Waals surface area (Å²) in [6, 6.07) is 6.99. The van der Waals surface area contributed by atoms with Gasteiger partial charge in [0, 0.05) is 25.9 Å². The first kappa shape index (κ1) is 16.6. The second-order valence-corrected chi connectivity index (χ2v) is 4.16. The summed E-state index contributed by atoms with van der Waals surface area (Å²) in [6.07, 6.45) is 0.763. The first-order valence-electron chi connectivity index (χ1n) is 6.59. The van der Waals surface area contributed by atoms with E-state index in [1.54, 1.807) is 38.5 Å². The average Bonchev–Trinajstić information content (AvgIpc) is 2.50. The number of ketones is 1. The van der Waals surface area contributed by atoms with Crippen LogP contribution in [0.25, 0.3) is 0 Å². The molecule has 0 radical (unpaired) electrons. The largest absolute Gasteiger partial charge is 0.497 e. The summed E-state index contributed by atoms with van der Waals surface area (Å²) >= 11 is 0. The van der Waals surface area contributed by atoms with E-state index in [0.717, 1.165) is 12.2 Å². The highest BCUT2D eigenvalue weighted by Crippen LogP contribution is 2.11. The Labute approximate surface area is 119 Å². The van der Waals surface area contributed by atoms with E-state index in [4.69, 9.17) is 18.9 Å². The predicted molar refractivity (Wildman–Crippen MR) is 75.5 cm³/mol. The molecule has 5 nitrogen and oxygen atoms in total. The minimum Gasteiger partial charge on any atom is -0.497 e. The number of ether oxygens (including phenoxy) is 4. The molecule has 1 rings (SSSR count). The second kappa shape index (κ2) is 10.4. The van der Waals surface area contributed by atoms with E-state index >= 15 is 0 Å². The van der Waals surface area contributed by atoms with E-state index in [1.165, 1.54) is 0 Å². The summed E-state index contributed by atoms with van der Waals surface area (Å²) < 4.78 is 20.5. The molecule has 0 atom stereocenters. The van der Waals surface area contributed by atoms with E-state index in [9.17, 15) is 4.79 Å². The maximum Gasteiger partial charge on any atom is 0.188 e. The summed E-state index contributed by atoms with van der Waals surface area (Å²) in [5.41, 5.74) is 0.627. The van der Waals surface area contributed by atoms with Crippen LogP contribution in [0.3, 0.4) is 0 Å². The number of hydrogen-bond acceptors (Lipinski definition) is 5. The van der Waals surface area contributed by atoms with E-state index in [2.05, 4.69) is 0 Å². The molecule has 0 aliphatic rings. The SMILES string of the molecule is COCCOCCCOCC(=O)c1ccc(OC)cc1. The number of benzene rings is 1. The molecule has 5 heteroatoms. The topological polar surface area (TPSA) is 54.0 Å². The lowest BCUT2D eigenvalue weighted by atomic mass is 10.1. The van der Waals surface area contributed by atoms with Crippen LogP contribution in [0, 0.1) is 0 Å². The predicted octanol–water partition coefficient (Wildman–Crippen LogP) is 1.95. The van der Waals surface area contributed by atoms with Gasteiger partial charge in [-0.3, -0.25) is 4.79 Å². The zero-order chi connectivity index (χ0) is 14.6. The van der Waals surface area contributed by atoms with Crippen LogP contribution in [0.2, 0.25) is 0 Å². The number of methoxy groups -OCH3 is 2. The number of hydrogen-bond donors (Lipinski definition) is 0. The average molecular weight is 282 g/mol. The molecule has 0 N–H and O–H groups in total. The van der Waals surface area contributed by atoms with Crippen molar-refractivity contribution in [3.8, 4) is 5.75 Å². The van der Waals surface area contributed by atoms with Crippen LogP contribution >= 0.6 is 0 Å². The van der Waals surface area contributed by atoms with Gasteiger partial charge in [0.2, 0.25) is 0 Å². The summed E-state index contributed by atoms with van der Waals surface area (Å²) in [5, 5.41) is 0. The summed E-state index contributed by atoms with van der Waals surface area (Å²) in [5.74, 6) is 0.698. The van der Waals surface area contributed by atoms with Crippen molar-refractivity contribution in [2.75, 3.05) is 47.3 Å². The first-order valence-corrected chi connectivity index (χ1v) is 6.59. The van der Waals surface area contributed by atoms with E-state index in [-0.39, 0.29) is 12.4 Å². The summed E-state index contributed by atoms with van der Waals surface area (Å²) in [4.78, 5) is 11.8. The summed E-state index contributed by atoms with van der Waals surface area (Å²) in [6.45, 7) is 2.39. The number of rotatable bonds is 11. The van der Waals surface area contributed by atoms with Crippen LogP contribution < -0.4 is 4.74 Å². The number of carbonyl (C=O) groups is 1. The second-order valence-electron chi connectivity index (χ2n) is 4.16. The van der Waals surface area contributed by atoms with Crippen LogP contribution in [0.1, 0.15) is 16.8 Å². The van der Waals surface area contributed by atoms with Gasteiger partial charge in [-0.1, -0.05) is 0 Å². The Kier molecular flexibility index (Phi) is 8.62. The standard InChI is InChI=1S/C15H22O5/c1-17-10-11-19-8-3-9-20-12-15(16)13-4-6-14(18-2)7-5-13/h4-7H,3,8-12H2,1-2H3. The maximum absolute atomic E-state index is 11.8. The van der Waals surface area contributed by atoms with Gasteiger partial charge in [0.1, 0.15) is 12.4 Å². The van der Waals surface area contributed by atoms with Crippen molar-refractivity contribution in [3.05, 3.63) is 29.8 Å². The molecule has 0 fully saturated rings. The zero-order valence-corrected chi connectivity index (χ0v) is 12.1. The Morgan fingerprint density at radius 3 is 2.30 bits per heavy atom. The normalized spacial score (nSPS) is 10.5. The van der Waals surface area contributed by atoms with E-state index < -0.39 is 0 Å². The minimum absolute atomic E-state index is 0.0343. The molecule has 20 heavy (non-hydrogen) atoms. The van der Waals surface area contributed by atoms with Gasteiger partial charge in [-0.2, -0.15) is 0 Å². The van der Waals surface area contributed by atoms with Crippen molar-refractivity contribution in [1.82, 2.24) is 0 Å². The molecule has 1 aromatic rings. The van der Waals surface area contributed by atoms with Crippen molar-refractivity contribution in [2.45, 2.75) is 6.42 Å². The molecule has 0 aromatic heterocycles. The lowest BCUT2D eigenvalue weighted by Crippen LogP contribution is -2.11. The van der Waals surface area contributed by atoms with Crippen molar-refractivity contribution >= 4 is 5.78 Å². The fraction of sp³-hybridized carbons (Fsp3) is 0.533. The third-order valence-corrected chi connectivity index (χ3v) is 2.65. The fourth-order valence-electron chi connectivity index (χ4n) is 1.53. The fourth-order valence-corrected chi connectivity index (χ4v) is 1.53. The summed E-state index contributed by atoms with van der Waals surface area (Å²) in [7, 11) is 3.23. The molecule has 0 bridgehead atoms. The van der Waals surface area contributed by atoms with Crippen LogP contribution in [0.4, 0.5) is 0 Å². The van der Waals surface area contributed by atoms with E-state index in [1.807, 2.05) is 0 Å². The molecule has 1 aromatic carbocycles. The lowest BCUT2D eigenvalue weighted by molar-refractivity contribution is 0.0488. The smallest absolute Gasteiger partial charge is 0.188 e. The monoisotopic (exact) mass is 282 g/mol. The highest BCUT2D eigenvalue weighted by atomic mass is 16.5. The number of carbonyl (C=O) groups excluding carboxylic acids is 1.